The summed E-state index contributed by atoms with van der Waals surface area (Å²) in [6.45, 7) is 4.14. The number of carboxylic acid groups (broad SMARTS) is 1. The lowest BCUT2D eigenvalue weighted by Crippen LogP contribution is -2.65. The number of fused-ring (bicyclic) bond motifs is 2. The Kier molecular flexibility index (Phi) is 11.9. The first-order valence-electron chi connectivity index (χ1n) is 17.2. The fourth-order valence-electron chi connectivity index (χ4n) is 7.24. The lowest BCUT2D eigenvalue weighted by Gasteiger charge is -2.44. The molecule has 47 heavy (non-hydrogen) atoms. The molecule has 4 amide bonds. The second-order valence-electron chi connectivity index (χ2n) is 13.2. The van der Waals surface area contributed by atoms with Crippen molar-refractivity contribution in [3.8, 4) is 0 Å². The van der Waals surface area contributed by atoms with Crippen molar-refractivity contribution in [3.05, 3.63) is 71.3 Å². The highest BCUT2D eigenvalue weighted by Gasteiger charge is 2.44. The van der Waals surface area contributed by atoms with E-state index in [1.165, 1.54) is 10.5 Å². The number of aryl methyl sites for hydroxylation is 1. The second kappa shape index (κ2) is 16.2. The van der Waals surface area contributed by atoms with Crippen LogP contribution in [-0.4, -0.2) is 101 Å². The van der Waals surface area contributed by atoms with Gasteiger partial charge in [0.25, 0.3) is 0 Å². The summed E-state index contributed by atoms with van der Waals surface area (Å²) >= 11 is 0. The van der Waals surface area contributed by atoms with Gasteiger partial charge in [-0.1, -0.05) is 54.6 Å². The van der Waals surface area contributed by atoms with Gasteiger partial charge in [0.2, 0.25) is 17.7 Å². The fraction of sp³-hybridized carbons (Fsp3) is 0.556. The number of unbranched alkanes of at least 4 members (excludes halogenated alkanes) is 1. The number of nitrogens with zero attached hydrogens (tertiary/aromatic N) is 3. The maximum Gasteiger partial charge on any atom is 0.407 e. The van der Waals surface area contributed by atoms with E-state index in [1.54, 1.807) is 18.9 Å². The molecule has 0 radical (unpaired) electrons. The van der Waals surface area contributed by atoms with Gasteiger partial charge in [-0.3, -0.25) is 19.3 Å². The lowest BCUT2D eigenvalue weighted by molar-refractivity contribution is -0.148. The number of rotatable bonds is 13. The van der Waals surface area contributed by atoms with E-state index >= 15 is 0 Å². The minimum absolute atomic E-state index is 0.0965. The summed E-state index contributed by atoms with van der Waals surface area (Å²) in [5.74, 6) is -0.699. The molecule has 2 fully saturated rings. The van der Waals surface area contributed by atoms with Crippen molar-refractivity contribution in [2.24, 2.45) is 0 Å². The molecule has 2 saturated heterocycles. The summed E-state index contributed by atoms with van der Waals surface area (Å²) in [5.41, 5.74) is 3.31. The highest BCUT2D eigenvalue weighted by atomic mass is 16.4. The Bertz CT molecular complexity index is 1390. The summed E-state index contributed by atoms with van der Waals surface area (Å²) in [7, 11) is 1.69. The Morgan fingerprint density at radius 2 is 1.74 bits per heavy atom. The summed E-state index contributed by atoms with van der Waals surface area (Å²) in [5, 5.41) is 19.0. The molecule has 2 aliphatic heterocycles. The van der Waals surface area contributed by atoms with E-state index in [4.69, 9.17) is 0 Å². The van der Waals surface area contributed by atoms with Crippen molar-refractivity contribution in [1.29, 1.82) is 0 Å². The number of amides is 4. The zero-order valence-electron chi connectivity index (χ0n) is 27.7. The van der Waals surface area contributed by atoms with Crippen LogP contribution >= 0.6 is 0 Å². The molecule has 11 nitrogen and oxygen atoms in total. The Morgan fingerprint density at radius 1 is 0.979 bits per heavy atom. The number of hydrogen-bond donors (Lipinski definition) is 4. The molecule has 0 saturated carbocycles. The van der Waals surface area contributed by atoms with Crippen LogP contribution in [0.15, 0.2) is 54.6 Å². The monoisotopic (exact) mass is 646 g/mol. The maximum absolute atomic E-state index is 14.4. The van der Waals surface area contributed by atoms with E-state index in [0.29, 0.717) is 38.9 Å². The lowest BCUT2D eigenvalue weighted by atomic mass is 9.87. The van der Waals surface area contributed by atoms with Crippen molar-refractivity contribution >= 4 is 23.8 Å². The van der Waals surface area contributed by atoms with Crippen molar-refractivity contribution in [2.75, 3.05) is 33.2 Å². The van der Waals surface area contributed by atoms with Crippen LogP contribution in [0.1, 0.15) is 74.6 Å². The van der Waals surface area contributed by atoms with Crippen molar-refractivity contribution in [1.82, 2.24) is 30.7 Å². The normalized spacial score (nSPS) is 22.0. The largest absolute Gasteiger partial charge is 0.465 e. The van der Waals surface area contributed by atoms with Crippen LogP contribution in [0.4, 0.5) is 4.79 Å². The van der Waals surface area contributed by atoms with Crippen LogP contribution in [0.5, 0.6) is 0 Å². The Morgan fingerprint density at radius 3 is 2.51 bits per heavy atom. The van der Waals surface area contributed by atoms with Gasteiger partial charge >= 0.3 is 6.09 Å². The summed E-state index contributed by atoms with van der Waals surface area (Å²) < 4.78 is 0. The molecule has 254 valence electrons. The van der Waals surface area contributed by atoms with E-state index in [-0.39, 0.29) is 36.3 Å². The van der Waals surface area contributed by atoms with Crippen LogP contribution < -0.4 is 16.0 Å². The van der Waals surface area contributed by atoms with Crippen LogP contribution in [0.25, 0.3) is 0 Å². The van der Waals surface area contributed by atoms with Gasteiger partial charge < -0.3 is 30.9 Å². The number of benzene rings is 2. The predicted octanol–water partition coefficient (Wildman–Crippen LogP) is 3.30. The molecule has 1 aliphatic carbocycles. The van der Waals surface area contributed by atoms with Crippen LogP contribution in [0.2, 0.25) is 0 Å². The molecular formula is C36H50N6O5. The quantitative estimate of drug-likeness (QED) is 0.246. The summed E-state index contributed by atoms with van der Waals surface area (Å²) in [4.78, 5) is 58.9. The number of piperazine rings is 1. The van der Waals surface area contributed by atoms with Gasteiger partial charge in [0.1, 0.15) is 12.1 Å². The maximum atomic E-state index is 14.4. The average Bonchev–Trinajstić information content (AvgIpc) is 3.56. The smallest absolute Gasteiger partial charge is 0.407 e. The van der Waals surface area contributed by atoms with Gasteiger partial charge in [0.05, 0.1) is 12.1 Å². The van der Waals surface area contributed by atoms with Gasteiger partial charge in [0, 0.05) is 32.2 Å². The number of likely N-dealkylation sites (N-methyl/N-ethyl adjacent to an activating group) is 1. The molecule has 2 heterocycles. The van der Waals surface area contributed by atoms with Crippen molar-refractivity contribution in [2.45, 2.75) is 95.0 Å². The van der Waals surface area contributed by atoms with E-state index in [0.717, 1.165) is 49.8 Å². The molecule has 3 aliphatic rings. The van der Waals surface area contributed by atoms with E-state index < -0.39 is 24.2 Å². The van der Waals surface area contributed by atoms with Crippen LogP contribution in [0, 0.1) is 0 Å². The standard InChI is InChI=1S/C36H50N6O5/c1-25(37-2)33(43)39-31(18-8-9-20-41(36(46)47)22-26-12-4-3-5-13-26)35(45)42-23-28-16-11-21-40(28)24-32(42)34(44)38-30-19-10-15-27-14-6-7-17-29(27)30/h3-7,12-14,17,25,28,30-32,37H,8-11,15-16,18-24H2,1-2H3,(H,38,44)(H,39,43)(H,46,47)/t25-,28+,30+,31-,32-/m0/s1. The van der Waals surface area contributed by atoms with Gasteiger partial charge in [-0.2, -0.15) is 0 Å². The third kappa shape index (κ3) is 8.70. The first-order valence-corrected chi connectivity index (χ1v) is 17.2. The van der Waals surface area contributed by atoms with Gasteiger partial charge in [0.15, 0.2) is 0 Å². The second-order valence-corrected chi connectivity index (χ2v) is 13.2. The number of carbonyl (C=O) groups excluding carboxylic acids is 3. The average molecular weight is 647 g/mol. The van der Waals surface area contributed by atoms with Gasteiger partial charge in [-0.15, -0.1) is 0 Å². The molecule has 11 heteroatoms. The Balaban J connectivity index is 1.29. The highest BCUT2D eigenvalue weighted by molar-refractivity contribution is 5.93. The predicted molar refractivity (Wildman–Crippen MR) is 180 cm³/mol. The number of hydrogen-bond acceptors (Lipinski definition) is 6. The molecule has 5 rings (SSSR count). The summed E-state index contributed by atoms with van der Waals surface area (Å²) in [6, 6.07) is 15.8. The molecule has 0 unspecified atom stereocenters. The molecule has 0 aromatic heterocycles. The molecule has 0 bridgehead atoms. The van der Waals surface area contributed by atoms with Gasteiger partial charge in [-0.05, 0) is 88.6 Å². The van der Waals surface area contributed by atoms with Crippen LogP contribution in [-0.2, 0) is 27.3 Å². The third-order valence-corrected chi connectivity index (χ3v) is 10.1. The molecule has 2 aromatic rings. The molecule has 4 N–H and O–H groups in total. The van der Waals surface area contributed by atoms with Crippen molar-refractivity contribution < 1.29 is 24.3 Å². The number of nitrogens with one attached hydrogen (secondary N) is 3. The highest BCUT2D eigenvalue weighted by Crippen LogP contribution is 2.31. The SMILES string of the molecule is CN[C@@H](C)C(=O)N[C@@H](CCCCN(Cc1ccccc1)C(=O)O)C(=O)N1C[C@H]2CCCN2C[C@H]1C(=O)N[C@@H]1CCCc2ccccc21. The minimum atomic E-state index is -0.999. The van der Waals surface area contributed by atoms with E-state index in [2.05, 4.69) is 33.0 Å². The number of carbonyl (C=O) groups is 4. The first-order chi connectivity index (χ1) is 22.7. The van der Waals surface area contributed by atoms with Gasteiger partial charge in [-0.25, -0.2) is 4.79 Å². The minimum Gasteiger partial charge on any atom is -0.465 e. The van der Waals surface area contributed by atoms with Crippen molar-refractivity contribution in [3.63, 3.8) is 0 Å². The zero-order valence-corrected chi connectivity index (χ0v) is 27.7. The van der Waals surface area contributed by atoms with Crippen LogP contribution in [0.3, 0.4) is 0 Å². The Labute approximate surface area is 278 Å². The summed E-state index contributed by atoms with van der Waals surface area (Å²) in [6.07, 6.45) is 5.24. The third-order valence-electron chi connectivity index (χ3n) is 10.1. The molecule has 0 spiro atoms. The fourth-order valence-corrected chi connectivity index (χ4v) is 7.24. The molecular weight excluding hydrogens is 596 g/mol. The zero-order chi connectivity index (χ0) is 33.3. The molecule has 2 aromatic carbocycles. The molecule has 5 atom stereocenters. The topological polar surface area (TPSA) is 134 Å². The van der Waals surface area contributed by atoms with E-state index in [1.807, 2.05) is 42.5 Å². The first kappa shape index (κ1) is 34.4. The van der Waals surface area contributed by atoms with E-state index in [9.17, 15) is 24.3 Å². The Hall–Kier alpha value is -3.96.